The van der Waals surface area contributed by atoms with Gasteiger partial charge in [-0.25, -0.2) is 4.57 Å². The number of amides is 1. The number of hydrogen-bond donors (Lipinski definition) is 3. The molecule has 1 amide bonds. The van der Waals surface area contributed by atoms with Crippen molar-refractivity contribution in [3.63, 3.8) is 0 Å². The number of hydrogen-bond acceptors (Lipinski definition) is 5. The minimum atomic E-state index is -4.37. The number of nitrogens with one attached hydrogen (secondary N) is 1. The van der Waals surface area contributed by atoms with Crippen LogP contribution in [0.15, 0.2) is 134 Å². The van der Waals surface area contributed by atoms with Crippen LogP contribution in [0.3, 0.4) is 0 Å². The Morgan fingerprint density at radius 3 is 1.19 bits per heavy atom. The molecule has 0 aromatic carbocycles. The molecule has 0 spiro atoms. The first-order valence-corrected chi connectivity index (χ1v) is 31.1. The summed E-state index contributed by atoms with van der Waals surface area (Å²) in [6, 6.07) is -0.881. The topological polar surface area (TPSA) is 105 Å². The minimum Gasteiger partial charge on any atom is -0.387 e. The maximum atomic E-state index is 13.0. The lowest BCUT2D eigenvalue weighted by Gasteiger charge is -2.25. The van der Waals surface area contributed by atoms with Gasteiger partial charge in [0.05, 0.1) is 39.9 Å². The van der Waals surface area contributed by atoms with E-state index in [1.165, 1.54) is 96.3 Å². The van der Waals surface area contributed by atoms with Gasteiger partial charge in [0.15, 0.2) is 0 Å². The Bertz CT molecular complexity index is 1660. The Labute approximate surface area is 456 Å². The Balaban J connectivity index is 4.34. The van der Waals surface area contributed by atoms with E-state index in [4.69, 9.17) is 9.05 Å². The average Bonchev–Trinajstić information content (AvgIpc) is 3.36. The highest BCUT2D eigenvalue weighted by molar-refractivity contribution is 7.47. The van der Waals surface area contributed by atoms with Crippen molar-refractivity contribution >= 4 is 13.7 Å². The van der Waals surface area contributed by atoms with E-state index in [0.29, 0.717) is 23.9 Å². The summed E-state index contributed by atoms with van der Waals surface area (Å²) in [5.74, 6) is -0.224. The van der Waals surface area contributed by atoms with Crippen LogP contribution in [0.25, 0.3) is 0 Å². The van der Waals surface area contributed by atoms with Crippen molar-refractivity contribution in [2.24, 2.45) is 0 Å². The zero-order valence-corrected chi connectivity index (χ0v) is 48.9. The second-order valence-corrected chi connectivity index (χ2v) is 22.1. The summed E-state index contributed by atoms with van der Waals surface area (Å²) in [4.78, 5) is 23.3. The van der Waals surface area contributed by atoms with E-state index in [9.17, 15) is 19.4 Å². The Kier molecular flexibility index (Phi) is 52.0. The smallest absolute Gasteiger partial charge is 0.387 e. The van der Waals surface area contributed by atoms with Gasteiger partial charge in [-0.05, 0) is 96.3 Å². The van der Waals surface area contributed by atoms with Crippen molar-refractivity contribution in [2.45, 2.75) is 231 Å². The van der Waals surface area contributed by atoms with E-state index in [1.807, 2.05) is 27.2 Å². The van der Waals surface area contributed by atoms with E-state index in [0.717, 1.165) is 96.3 Å². The number of aliphatic hydroxyl groups is 1. The molecule has 3 atom stereocenters. The summed E-state index contributed by atoms with van der Waals surface area (Å²) in [6.45, 7) is 4.66. The first-order chi connectivity index (χ1) is 36.0. The minimum absolute atomic E-state index is 0.0456. The molecule has 8 nitrogen and oxygen atoms in total. The zero-order chi connectivity index (χ0) is 54.2. The molecule has 0 aliphatic rings. The molecular weight excluding hydrogens is 936 g/mol. The molecule has 0 fully saturated rings. The third-order valence-electron chi connectivity index (χ3n) is 12.4. The number of carbonyl (C=O) groups is 1. The SMILES string of the molecule is CC/C=C\C/C=C\C/C=C\C/C=C\C/C=C\C/C=C\C/C=C\C/C=C\C/C=C\C/C=C\CCCCC(=O)NC(COP(=O)(O)OCC[N+](C)(C)C)C(O)/C=C/CCCCCCCCCCCCCCCCCCC. The molecule has 74 heavy (non-hydrogen) atoms. The second-order valence-electron chi connectivity index (χ2n) is 20.6. The van der Waals surface area contributed by atoms with Crippen molar-refractivity contribution in [1.82, 2.24) is 5.32 Å². The first kappa shape index (κ1) is 70.6. The first-order valence-electron chi connectivity index (χ1n) is 29.6. The molecule has 0 aromatic rings. The molecule has 0 aromatic heterocycles. The van der Waals surface area contributed by atoms with Gasteiger partial charge in [-0.1, -0.05) is 250 Å². The largest absolute Gasteiger partial charge is 0.472 e. The molecule has 0 bridgehead atoms. The lowest BCUT2D eigenvalue weighted by molar-refractivity contribution is -0.870. The van der Waals surface area contributed by atoms with E-state index < -0.39 is 20.0 Å². The van der Waals surface area contributed by atoms with Crippen LogP contribution in [0.4, 0.5) is 0 Å². The Hall–Kier alpha value is -3.36. The number of rotatable bonds is 52. The normalized spacial score (nSPS) is 14.9. The molecule has 0 saturated heterocycles. The van der Waals surface area contributed by atoms with Crippen LogP contribution in [-0.4, -0.2) is 73.4 Å². The number of allylic oxidation sites excluding steroid dienone is 21. The fourth-order valence-corrected chi connectivity index (χ4v) is 8.51. The van der Waals surface area contributed by atoms with E-state index >= 15 is 0 Å². The Morgan fingerprint density at radius 2 is 0.811 bits per heavy atom. The molecule has 3 unspecified atom stereocenters. The number of unbranched alkanes of at least 4 members (excludes halogenated alkanes) is 19. The third kappa shape index (κ3) is 56.4. The number of quaternary nitrogens is 1. The molecule has 0 aliphatic carbocycles. The standard InChI is InChI=1S/C65H111N2O6P/c1-6-8-10-12-14-16-18-20-22-24-26-27-28-29-30-31-32-33-34-35-36-37-38-39-41-43-45-47-49-51-53-55-57-59-65(69)66-63(62-73-74(70,71)72-61-60-67(3,4)5)64(68)58-56-54-52-50-48-46-44-42-40-25-23-21-19-17-15-13-11-9-7-2/h8,10,14,16,20,22,26-27,29-30,32-33,35-36,38-39,43,45,49,51,56,58,63-64,68H,6-7,9,11-13,15,17-19,21,23-25,28,31,34,37,40-42,44,46-48,50,52-55,57,59-62H2,1-5H3,(H-,66,69,70,71)/p+1/b10-8-,16-14-,22-20-,27-26-,30-29-,33-32-,36-35-,39-38-,45-43-,51-49-,58-56+. The average molecular weight is 1050 g/mol. The molecule has 0 heterocycles. The van der Waals surface area contributed by atoms with Gasteiger partial charge in [0.2, 0.25) is 5.91 Å². The van der Waals surface area contributed by atoms with Crippen LogP contribution in [-0.2, 0) is 18.4 Å². The third-order valence-corrected chi connectivity index (χ3v) is 13.4. The van der Waals surface area contributed by atoms with Crippen LogP contribution in [0.2, 0.25) is 0 Å². The lowest BCUT2D eigenvalue weighted by atomic mass is 10.0. The zero-order valence-electron chi connectivity index (χ0n) is 48.0. The van der Waals surface area contributed by atoms with Gasteiger partial charge in [0.25, 0.3) is 0 Å². The monoisotopic (exact) mass is 1050 g/mol. The van der Waals surface area contributed by atoms with Crippen molar-refractivity contribution in [1.29, 1.82) is 0 Å². The van der Waals surface area contributed by atoms with Gasteiger partial charge in [0.1, 0.15) is 13.2 Å². The predicted octanol–water partition coefficient (Wildman–Crippen LogP) is 18.3. The fourth-order valence-electron chi connectivity index (χ4n) is 7.77. The highest BCUT2D eigenvalue weighted by Gasteiger charge is 2.27. The summed E-state index contributed by atoms with van der Waals surface area (Å²) >= 11 is 0. The molecule has 0 rings (SSSR count). The highest BCUT2D eigenvalue weighted by atomic mass is 31.2. The van der Waals surface area contributed by atoms with E-state index in [2.05, 4.69) is 141 Å². The van der Waals surface area contributed by atoms with Gasteiger partial charge in [-0.2, -0.15) is 0 Å². The number of likely N-dealkylation sites (N-methyl/N-ethyl adjacent to an activating group) is 1. The number of aliphatic hydroxyl groups excluding tert-OH is 1. The van der Waals surface area contributed by atoms with Gasteiger partial charge in [-0.3, -0.25) is 13.8 Å². The van der Waals surface area contributed by atoms with Crippen LogP contribution in [0.5, 0.6) is 0 Å². The lowest BCUT2D eigenvalue weighted by Crippen LogP contribution is -2.45. The highest BCUT2D eigenvalue weighted by Crippen LogP contribution is 2.43. The Morgan fingerprint density at radius 1 is 0.473 bits per heavy atom. The van der Waals surface area contributed by atoms with Crippen molar-refractivity contribution < 1.29 is 32.9 Å². The fraction of sp³-hybridized carbons (Fsp3) is 0.646. The van der Waals surface area contributed by atoms with Gasteiger partial charge in [0, 0.05) is 6.42 Å². The second kappa shape index (κ2) is 54.4. The van der Waals surface area contributed by atoms with Gasteiger partial charge in [-0.15, -0.1) is 0 Å². The molecule has 3 N–H and O–H groups in total. The van der Waals surface area contributed by atoms with Crippen LogP contribution < -0.4 is 5.32 Å². The van der Waals surface area contributed by atoms with Crippen LogP contribution in [0, 0.1) is 0 Å². The number of phosphoric acid groups is 1. The summed E-state index contributed by atoms with van der Waals surface area (Å²) < 4.78 is 23.7. The maximum Gasteiger partial charge on any atom is 0.472 e. The van der Waals surface area contributed by atoms with E-state index in [-0.39, 0.29) is 19.1 Å². The summed E-state index contributed by atoms with van der Waals surface area (Å²) in [5.41, 5.74) is 0. The maximum absolute atomic E-state index is 13.0. The number of nitrogens with zero attached hydrogens (tertiary/aromatic N) is 1. The van der Waals surface area contributed by atoms with Crippen LogP contribution >= 0.6 is 7.82 Å². The molecule has 0 aliphatic heterocycles. The number of phosphoric ester groups is 1. The van der Waals surface area contributed by atoms with Crippen molar-refractivity contribution in [2.75, 3.05) is 40.9 Å². The molecule has 0 saturated carbocycles. The quantitative estimate of drug-likeness (QED) is 0.0243. The van der Waals surface area contributed by atoms with Crippen LogP contribution in [0.1, 0.15) is 219 Å². The summed E-state index contributed by atoms with van der Waals surface area (Å²) in [5, 5.41) is 13.9. The number of carbonyl (C=O) groups excluding carboxylic acids is 1. The van der Waals surface area contributed by atoms with Crippen molar-refractivity contribution in [3.8, 4) is 0 Å². The summed E-state index contributed by atoms with van der Waals surface area (Å²) in [6.07, 6.45) is 82.7. The summed E-state index contributed by atoms with van der Waals surface area (Å²) in [7, 11) is 1.52. The van der Waals surface area contributed by atoms with E-state index in [1.54, 1.807) is 6.08 Å². The van der Waals surface area contributed by atoms with Gasteiger partial charge < -0.3 is 19.8 Å². The van der Waals surface area contributed by atoms with Gasteiger partial charge >= 0.3 is 7.82 Å². The molecule has 9 heteroatoms. The predicted molar refractivity (Wildman–Crippen MR) is 322 cm³/mol. The molecule has 422 valence electrons. The molecule has 0 radical (unpaired) electrons. The van der Waals surface area contributed by atoms with Crippen molar-refractivity contribution in [3.05, 3.63) is 134 Å². The molecular formula is C65H112N2O6P+.